The molecule has 11 aromatic rings. The Balaban J connectivity index is 1.43. The second kappa shape index (κ2) is 10.1. The van der Waals surface area contributed by atoms with Crippen molar-refractivity contribution in [1.82, 2.24) is 0 Å². The molecular weight excluding hydrogens is 589 g/mol. The quantitative estimate of drug-likeness (QED) is 0.172. The van der Waals surface area contributed by atoms with Crippen LogP contribution in [0.15, 0.2) is 170 Å². The lowest BCUT2D eigenvalue weighted by molar-refractivity contribution is 1.24. The molecule has 0 aliphatic carbocycles. The summed E-state index contributed by atoms with van der Waals surface area (Å²) in [5.41, 5.74) is 7.81. The molecule has 11 rings (SSSR count). The average Bonchev–Trinajstić information content (AvgIpc) is 3.68. The summed E-state index contributed by atoms with van der Waals surface area (Å²) in [7, 11) is 0. The number of rotatable bonds is 4. The van der Waals surface area contributed by atoms with Crippen molar-refractivity contribution in [3.05, 3.63) is 181 Å². The molecule has 0 radical (unpaired) electrons. The van der Waals surface area contributed by atoms with Crippen molar-refractivity contribution in [3.8, 4) is 22.3 Å². The van der Waals surface area contributed by atoms with Crippen molar-refractivity contribution in [2.45, 2.75) is 6.42 Å². The molecule has 0 unspecified atom stereocenters. The highest BCUT2D eigenvalue weighted by atomic mass is 14.3. The first-order valence-corrected chi connectivity index (χ1v) is 17.2. The van der Waals surface area contributed by atoms with Crippen LogP contribution in [0.25, 0.3) is 97.7 Å². The Morgan fingerprint density at radius 1 is 0.286 bits per heavy atom. The van der Waals surface area contributed by atoms with Crippen LogP contribution < -0.4 is 0 Å². The van der Waals surface area contributed by atoms with E-state index in [1.165, 1.54) is 109 Å². The van der Waals surface area contributed by atoms with E-state index in [-0.39, 0.29) is 0 Å². The van der Waals surface area contributed by atoms with Gasteiger partial charge < -0.3 is 0 Å². The molecule has 0 heterocycles. The first kappa shape index (κ1) is 26.8. The van der Waals surface area contributed by atoms with Crippen molar-refractivity contribution in [2.75, 3.05) is 0 Å². The summed E-state index contributed by atoms with van der Waals surface area (Å²) in [6.45, 7) is 0. The fourth-order valence-electron chi connectivity index (χ4n) is 9.00. The Kier molecular flexibility index (Phi) is 5.54. The predicted octanol–water partition coefficient (Wildman–Crippen LogP) is 13.6. The molecule has 0 nitrogen and oxygen atoms in total. The van der Waals surface area contributed by atoms with Crippen LogP contribution >= 0.6 is 0 Å². The van der Waals surface area contributed by atoms with E-state index < -0.39 is 0 Å². The van der Waals surface area contributed by atoms with Crippen molar-refractivity contribution in [2.24, 2.45) is 0 Å². The summed E-state index contributed by atoms with van der Waals surface area (Å²) in [5, 5.41) is 18.9. The zero-order chi connectivity index (χ0) is 32.1. The minimum atomic E-state index is 0.862. The molecule has 226 valence electrons. The van der Waals surface area contributed by atoms with E-state index >= 15 is 0 Å². The van der Waals surface area contributed by atoms with Crippen LogP contribution in [-0.4, -0.2) is 0 Å². The zero-order valence-electron chi connectivity index (χ0n) is 26.9. The van der Waals surface area contributed by atoms with Gasteiger partial charge in [0.05, 0.1) is 0 Å². The minimum absolute atomic E-state index is 0.862. The molecule has 0 atom stereocenters. The first-order chi connectivity index (χ1) is 24.3. The van der Waals surface area contributed by atoms with Gasteiger partial charge in [0.1, 0.15) is 0 Å². The van der Waals surface area contributed by atoms with E-state index in [0.29, 0.717) is 0 Å². The second-order valence-corrected chi connectivity index (χ2v) is 13.5. The normalized spacial score (nSPS) is 12.2. The van der Waals surface area contributed by atoms with Crippen LogP contribution in [0.3, 0.4) is 0 Å². The third-order valence-electron chi connectivity index (χ3n) is 11.0. The number of benzene rings is 9. The maximum absolute atomic E-state index is 2.54. The molecule has 49 heavy (non-hydrogen) atoms. The largest absolute Gasteiger partial charge is 0.0622 e. The van der Waals surface area contributed by atoms with Gasteiger partial charge in [0.15, 0.2) is 0 Å². The van der Waals surface area contributed by atoms with Gasteiger partial charge in [-0.25, -0.2) is 0 Å². The lowest BCUT2D eigenvalue weighted by Gasteiger charge is -2.19. The molecule has 11 aromatic carbocycles. The van der Waals surface area contributed by atoms with E-state index in [2.05, 4.69) is 170 Å². The summed E-state index contributed by atoms with van der Waals surface area (Å²) in [6, 6.07) is 63.3. The molecule has 0 saturated heterocycles. The van der Waals surface area contributed by atoms with Crippen LogP contribution in [0.1, 0.15) is 11.1 Å². The maximum atomic E-state index is 2.54. The van der Waals surface area contributed by atoms with Gasteiger partial charge in [0.2, 0.25) is 0 Å². The molecule has 0 aliphatic rings. The first-order valence-electron chi connectivity index (χ1n) is 17.2. The highest BCUT2D eigenvalue weighted by Gasteiger charge is 2.25. The third-order valence-corrected chi connectivity index (χ3v) is 11.0. The monoisotopic (exact) mass is 618 g/mol. The molecular formula is C49H30. The van der Waals surface area contributed by atoms with E-state index in [4.69, 9.17) is 0 Å². The standard InChI is InChI=1S/C49H30/c1-3-13-30(14-4-1)27-41-43-29-42-36-22-8-7-21-35(36)37-23-12-26-40(46(37)42)47(43)45(34-20-9-19-33(28-34)31-15-5-2-6-16-31)49-39-25-11-18-32-17-10-24-38(44(32)39)48(41)49/h1-26,28-29H,27H2. The highest BCUT2D eigenvalue weighted by Crippen LogP contribution is 2.52. The summed E-state index contributed by atoms with van der Waals surface area (Å²) in [5.74, 6) is 0. The molecule has 0 aromatic heterocycles. The minimum Gasteiger partial charge on any atom is -0.0622 e. The smallest absolute Gasteiger partial charge is 0.00105 e. The Morgan fingerprint density at radius 3 is 1.61 bits per heavy atom. The molecule has 0 saturated carbocycles. The van der Waals surface area contributed by atoms with E-state index in [1.807, 2.05) is 0 Å². The molecule has 0 fully saturated rings. The van der Waals surface area contributed by atoms with Crippen LogP contribution in [0.4, 0.5) is 0 Å². The SMILES string of the molecule is c1ccc(Cc2c3cc4c5ccccc5c5cccc(c3c(-c3cccc(-c6ccccc6)c3)c3c6cccc7cccc(c23)c76)c54)cc1. The number of fused-ring (bicyclic) bond motifs is 8. The Morgan fingerprint density at radius 2 is 0.837 bits per heavy atom. The zero-order valence-corrected chi connectivity index (χ0v) is 26.9. The van der Waals surface area contributed by atoms with Gasteiger partial charge in [-0.2, -0.15) is 0 Å². The lowest BCUT2D eigenvalue weighted by Crippen LogP contribution is -1.96. The van der Waals surface area contributed by atoms with Crippen molar-refractivity contribution >= 4 is 75.4 Å². The Hall–Kier alpha value is -6.24. The highest BCUT2D eigenvalue weighted by molar-refractivity contribution is 6.42. The summed E-state index contributed by atoms with van der Waals surface area (Å²) in [6.07, 6.45) is 0.862. The Bertz CT molecular complexity index is 3040. The van der Waals surface area contributed by atoms with Crippen LogP contribution in [0, 0.1) is 0 Å². The fourth-order valence-corrected chi connectivity index (χ4v) is 9.00. The number of hydrogen-bond donors (Lipinski definition) is 0. The second-order valence-electron chi connectivity index (χ2n) is 13.5. The molecule has 0 spiro atoms. The predicted molar refractivity (Wildman–Crippen MR) is 211 cm³/mol. The maximum Gasteiger partial charge on any atom is -0.00105 e. The van der Waals surface area contributed by atoms with Crippen molar-refractivity contribution in [3.63, 3.8) is 0 Å². The van der Waals surface area contributed by atoms with Crippen LogP contribution in [0.5, 0.6) is 0 Å². The topological polar surface area (TPSA) is 0 Å². The van der Waals surface area contributed by atoms with E-state index in [1.54, 1.807) is 0 Å². The van der Waals surface area contributed by atoms with Gasteiger partial charge in [-0.05, 0) is 127 Å². The Labute approximate surface area is 284 Å². The molecule has 0 bridgehead atoms. The van der Waals surface area contributed by atoms with Crippen LogP contribution in [-0.2, 0) is 6.42 Å². The van der Waals surface area contributed by atoms with Crippen LogP contribution in [0.2, 0.25) is 0 Å². The van der Waals surface area contributed by atoms with Gasteiger partial charge in [-0.15, -0.1) is 0 Å². The van der Waals surface area contributed by atoms with E-state index in [9.17, 15) is 0 Å². The summed E-state index contributed by atoms with van der Waals surface area (Å²) in [4.78, 5) is 0. The fraction of sp³-hybridized carbons (Fsp3) is 0.0204. The third kappa shape index (κ3) is 3.75. The van der Waals surface area contributed by atoms with Gasteiger partial charge >= 0.3 is 0 Å². The van der Waals surface area contributed by atoms with Crippen molar-refractivity contribution < 1.29 is 0 Å². The molecule has 0 heteroatoms. The number of hydrogen-bond acceptors (Lipinski definition) is 0. The molecule has 0 aliphatic heterocycles. The van der Waals surface area contributed by atoms with Gasteiger partial charge in [0.25, 0.3) is 0 Å². The molecule has 0 amide bonds. The average molecular weight is 619 g/mol. The molecule has 0 N–H and O–H groups in total. The lowest BCUT2D eigenvalue weighted by atomic mass is 9.83. The van der Waals surface area contributed by atoms with Gasteiger partial charge in [0, 0.05) is 0 Å². The van der Waals surface area contributed by atoms with Crippen molar-refractivity contribution in [1.29, 1.82) is 0 Å². The summed E-state index contributed by atoms with van der Waals surface area (Å²) >= 11 is 0. The summed E-state index contributed by atoms with van der Waals surface area (Å²) < 4.78 is 0. The van der Waals surface area contributed by atoms with Gasteiger partial charge in [-0.3, -0.25) is 0 Å². The van der Waals surface area contributed by atoms with Gasteiger partial charge in [-0.1, -0.05) is 158 Å². The van der Waals surface area contributed by atoms with E-state index in [0.717, 1.165) is 6.42 Å².